The molecule has 0 aliphatic carbocycles. The molecule has 1 aromatic heterocycles. The Morgan fingerprint density at radius 1 is 0.784 bits per heavy atom. The van der Waals surface area contributed by atoms with Gasteiger partial charge in [0.1, 0.15) is 5.58 Å². The van der Waals surface area contributed by atoms with Crippen LogP contribution < -0.4 is 9.21 Å². The molecule has 1 amide bonds. The number of carboxylic acid groups (broad SMARTS) is 1. The normalized spacial score (nSPS) is 12.7. The molecule has 51 heavy (non-hydrogen) atoms. The minimum absolute atomic E-state index is 0.0267. The number of nitrogens with zero attached hydrogens (tertiary/aromatic N) is 3. The zero-order valence-electron chi connectivity index (χ0n) is 28.3. The molecule has 0 atom stereocenters. The van der Waals surface area contributed by atoms with Crippen LogP contribution in [0.15, 0.2) is 137 Å². The predicted octanol–water partition coefficient (Wildman–Crippen LogP) is 8.56. The molecule has 2 heterocycles. The number of piperazine rings is 1. The number of amides is 1. The van der Waals surface area contributed by atoms with E-state index in [4.69, 9.17) is 4.42 Å². The number of carbonyl (C=O) groups is 2. The molecule has 1 N–H and O–H groups in total. The van der Waals surface area contributed by atoms with Gasteiger partial charge in [0.25, 0.3) is 5.91 Å². The third-order valence-corrected chi connectivity index (χ3v) is 10.1. The number of carbonyl (C=O) groups excluding carboxylic acids is 1. The van der Waals surface area contributed by atoms with Crippen molar-refractivity contribution in [3.8, 4) is 11.8 Å². The first kappa shape index (κ1) is 33.6. The van der Waals surface area contributed by atoms with Gasteiger partial charge in [-0.25, -0.2) is 4.79 Å². The van der Waals surface area contributed by atoms with Crippen LogP contribution in [0.4, 0.5) is 11.4 Å². The summed E-state index contributed by atoms with van der Waals surface area (Å²) in [6.45, 7) is 5.17. The van der Waals surface area contributed by atoms with Crippen LogP contribution in [0.3, 0.4) is 0 Å². The van der Waals surface area contributed by atoms with Crippen molar-refractivity contribution >= 4 is 46.2 Å². The lowest BCUT2D eigenvalue weighted by Crippen LogP contribution is -2.49. The number of carboxylic acids is 1. The molecule has 8 heteroatoms. The topological polar surface area (TPSA) is 77.2 Å². The van der Waals surface area contributed by atoms with Gasteiger partial charge in [-0.15, -0.1) is 0 Å². The largest absolute Gasteiger partial charge is 0.475 e. The summed E-state index contributed by atoms with van der Waals surface area (Å²) in [6.07, 6.45) is 0.844. The number of fused-ring (bicyclic) bond motifs is 1. The highest BCUT2D eigenvalue weighted by Crippen LogP contribution is 2.38. The minimum Gasteiger partial charge on any atom is -0.475 e. The second kappa shape index (κ2) is 15.3. The minimum atomic E-state index is -1.07. The molecular formula is C43H37N3O4S. The third-order valence-electron chi connectivity index (χ3n) is 9.08. The Morgan fingerprint density at radius 2 is 1.43 bits per heavy atom. The van der Waals surface area contributed by atoms with Crippen LogP contribution in [0.5, 0.6) is 0 Å². The van der Waals surface area contributed by atoms with Crippen molar-refractivity contribution in [3.05, 3.63) is 161 Å². The molecule has 0 unspecified atom stereocenters. The van der Waals surface area contributed by atoms with Crippen LogP contribution in [0.2, 0.25) is 0 Å². The molecule has 0 bridgehead atoms. The maximum atomic E-state index is 13.5. The van der Waals surface area contributed by atoms with Crippen LogP contribution in [0.25, 0.3) is 11.0 Å². The molecule has 0 spiro atoms. The zero-order valence-corrected chi connectivity index (χ0v) is 29.1. The number of anilines is 2. The number of aryl methyl sites for hydroxylation is 1. The van der Waals surface area contributed by atoms with Crippen LogP contribution in [0.1, 0.15) is 43.2 Å². The molecule has 1 aliphatic rings. The fraction of sp³-hybridized carbons (Fsp3) is 0.163. The van der Waals surface area contributed by atoms with Crippen LogP contribution >= 0.6 is 11.9 Å². The molecule has 254 valence electrons. The molecule has 1 fully saturated rings. The summed E-state index contributed by atoms with van der Waals surface area (Å²) >= 11 is 1.63. The number of furan rings is 1. The molecule has 7 rings (SSSR count). The Hall–Kier alpha value is -5.91. The van der Waals surface area contributed by atoms with Crippen molar-refractivity contribution in [1.82, 2.24) is 4.90 Å². The number of benzene rings is 5. The SMILES string of the molecule is Cc1c(C(=O)O)oc2ccc(SN(CCc3ccccc3)c3ccccc3N3CCN(C(=O)c4ccc(C#Cc5ccccc5)cc4)CC3)cc12. The molecule has 0 saturated carbocycles. The summed E-state index contributed by atoms with van der Waals surface area (Å²) in [5.74, 6) is 5.28. The van der Waals surface area contributed by atoms with E-state index in [1.54, 1.807) is 18.9 Å². The number of para-hydroxylation sites is 2. The summed E-state index contributed by atoms with van der Waals surface area (Å²) in [4.78, 5) is 30.5. The van der Waals surface area contributed by atoms with Crippen LogP contribution in [0, 0.1) is 18.8 Å². The molecule has 1 saturated heterocycles. The molecular weight excluding hydrogens is 655 g/mol. The van der Waals surface area contributed by atoms with E-state index in [0.717, 1.165) is 45.7 Å². The summed E-state index contributed by atoms with van der Waals surface area (Å²) in [7, 11) is 0. The Labute approximate surface area is 302 Å². The summed E-state index contributed by atoms with van der Waals surface area (Å²) in [5.41, 5.74) is 7.12. The molecule has 5 aromatic carbocycles. The van der Waals surface area contributed by atoms with Gasteiger partial charge in [0.15, 0.2) is 0 Å². The predicted molar refractivity (Wildman–Crippen MR) is 205 cm³/mol. The molecule has 1 aliphatic heterocycles. The van der Waals surface area contributed by atoms with Crippen molar-refractivity contribution in [2.45, 2.75) is 18.2 Å². The van der Waals surface area contributed by atoms with Gasteiger partial charge < -0.3 is 23.6 Å². The first-order valence-electron chi connectivity index (χ1n) is 17.0. The van der Waals surface area contributed by atoms with Gasteiger partial charge in [-0.2, -0.15) is 0 Å². The Bertz CT molecular complexity index is 2220. The molecule has 6 aromatic rings. The lowest BCUT2D eigenvalue weighted by atomic mass is 10.1. The average molecular weight is 692 g/mol. The maximum absolute atomic E-state index is 13.5. The monoisotopic (exact) mass is 691 g/mol. The van der Waals surface area contributed by atoms with E-state index in [0.29, 0.717) is 42.9 Å². The lowest BCUT2D eigenvalue weighted by Gasteiger charge is -2.38. The van der Waals surface area contributed by atoms with Crippen LogP contribution in [-0.4, -0.2) is 54.6 Å². The van der Waals surface area contributed by atoms with Crippen molar-refractivity contribution in [2.24, 2.45) is 0 Å². The fourth-order valence-electron chi connectivity index (χ4n) is 6.32. The summed E-state index contributed by atoms with van der Waals surface area (Å²) < 4.78 is 7.95. The Morgan fingerprint density at radius 3 is 2.14 bits per heavy atom. The van der Waals surface area contributed by atoms with E-state index in [9.17, 15) is 14.7 Å². The van der Waals surface area contributed by atoms with E-state index in [2.05, 4.69) is 69.6 Å². The highest BCUT2D eigenvalue weighted by molar-refractivity contribution is 8.00. The lowest BCUT2D eigenvalue weighted by molar-refractivity contribution is 0.0663. The number of aromatic carboxylic acids is 1. The number of hydrogen-bond acceptors (Lipinski definition) is 6. The first-order valence-corrected chi connectivity index (χ1v) is 17.8. The van der Waals surface area contributed by atoms with E-state index in [1.165, 1.54) is 5.56 Å². The summed E-state index contributed by atoms with van der Waals surface area (Å²) in [5, 5.41) is 10.4. The number of rotatable bonds is 9. The van der Waals surface area contributed by atoms with Gasteiger partial charge in [0.2, 0.25) is 5.76 Å². The Balaban J connectivity index is 1.07. The fourth-order valence-corrected chi connectivity index (χ4v) is 7.31. The Kier molecular flexibility index (Phi) is 10.1. The van der Waals surface area contributed by atoms with Crippen molar-refractivity contribution in [2.75, 3.05) is 41.9 Å². The highest BCUT2D eigenvalue weighted by atomic mass is 32.2. The quantitative estimate of drug-likeness (QED) is 0.120. The number of hydrogen-bond donors (Lipinski definition) is 1. The van der Waals surface area contributed by atoms with E-state index >= 15 is 0 Å². The van der Waals surface area contributed by atoms with Crippen LogP contribution in [-0.2, 0) is 6.42 Å². The van der Waals surface area contributed by atoms with Gasteiger partial charge >= 0.3 is 5.97 Å². The highest BCUT2D eigenvalue weighted by Gasteiger charge is 2.25. The van der Waals surface area contributed by atoms with Gasteiger partial charge in [0, 0.05) is 65.3 Å². The zero-order chi connectivity index (χ0) is 35.2. The van der Waals surface area contributed by atoms with Crippen molar-refractivity contribution < 1.29 is 19.1 Å². The summed E-state index contributed by atoms with van der Waals surface area (Å²) in [6, 6.07) is 42.1. The van der Waals surface area contributed by atoms with Gasteiger partial charge in [-0.1, -0.05) is 72.5 Å². The second-order valence-electron chi connectivity index (χ2n) is 12.4. The molecule has 0 radical (unpaired) electrons. The van der Waals surface area contributed by atoms with Gasteiger partial charge in [0.05, 0.1) is 11.4 Å². The standard InChI is InChI=1S/C43H37N3O4S/c1-31-37-30-36(22-23-40(37)50-41(31)43(48)49)51-46(25-24-33-12-6-3-7-13-33)39-15-9-8-14-38(39)44-26-28-45(29-27-44)42(47)35-20-18-34(19-21-35)17-16-32-10-4-2-5-11-32/h2-15,18-23,30H,24-29H2,1H3,(H,48,49). The van der Waals surface area contributed by atoms with E-state index in [1.807, 2.05) is 83.8 Å². The van der Waals surface area contributed by atoms with Gasteiger partial charge in [-0.05, 0) is 97.6 Å². The van der Waals surface area contributed by atoms with E-state index < -0.39 is 5.97 Å². The van der Waals surface area contributed by atoms with Crippen molar-refractivity contribution in [1.29, 1.82) is 0 Å². The van der Waals surface area contributed by atoms with Gasteiger partial charge in [-0.3, -0.25) is 4.79 Å². The van der Waals surface area contributed by atoms with Crippen molar-refractivity contribution in [3.63, 3.8) is 0 Å². The average Bonchev–Trinajstić information content (AvgIpc) is 3.52. The van der Waals surface area contributed by atoms with E-state index in [-0.39, 0.29) is 11.7 Å². The second-order valence-corrected chi connectivity index (χ2v) is 13.5. The molecule has 7 nitrogen and oxygen atoms in total. The maximum Gasteiger partial charge on any atom is 0.372 e. The first-order chi connectivity index (χ1) is 24.9. The third kappa shape index (κ3) is 7.80. The smallest absolute Gasteiger partial charge is 0.372 e.